The number of nitrogens with one attached hydrogen (secondary N) is 1. The fourth-order valence-electron chi connectivity index (χ4n) is 2.47. The van der Waals surface area contributed by atoms with Crippen molar-refractivity contribution in [3.05, 3.63) is 17.1 Å². The van der Waals surface area contributed by atoms with E-state index in [-0.39, 0.29) is 5.92 Å². The summed E-state index contributed by atoms with van der Waals surface area (Å²) >= 11 is 0. The third-order valence-electron chi connectivity index (χ3n) is 3.40. The van der Waals surface area contributed by atoms with Crippen LogP contribution < -0.4 is 5.32 Å². The van der Waals surface area contributed by atoms with Gasteiger partial charge in [0.05, 0.1) is 6.61 Å². The van der Waals surface area contributed by atoms with Crippen LogP contribution in [0.1, 0.15) is 49.7 Å². The lowest BCUT2D eigenvalue weighted by molar-refractivity contribution is 0.181. The molecule has 1 aromatic rings. The fourth-order valence-corrected chi connectivity index (χ4v) is 2.47. The second-order valence-electron chi connectivity index (χ2n) is 4.95. The molecule has 0 aromatic carbocycles. The average Bonchev–Trinajstić information content (AvgIpc) is 2.39. The summed E-state index contributed by atoms with van der Waals surface area (Å²) < 4.78 is 5.20. The van der Waals surface area contributed by atoms with E-state index in [4.69, 9.17) is 14.7 Å². The van der Waals surface area contributed by atoms with Crippen LogP contribution in [-0.4, -0.2) is 30.2 Å². The van der Waals surface area contributed by atoms with Crippen LogP contribution in [0.2, 0.25) is 0 Å². The van der Waals surface area contributed by atoms with Gasteiger partial charge in [-0.25, -0.2) is 9.97 Å². The number of rotatable bonds is 5. The molecule has 1 aliphatic rings. The Morgan fingerprint density at radius 2 is 2.06 bits per heavy atom. The van der Waals surface area contributed by atoms with Gasteiger partial charge in [0.15, 0.2) is 0 Å². The van der Waals surface area contributed by atoms with Crippen LogP contribution in [0.15, 0.2) is 0 Å². The standard InChI is InChI=1S/C14H23N3O/c1-4-15-14-11-7-5-6-8-12(11)16-13(17-14)10(2)9-18-3/h10H,4-9H2,1-3H3,(H,15,16,17). The van der Waals surface area contributed by atoms with Crippen LogP contribution in [0.4, 0.5) is 5.82 Å². The van der Waals surface area contributed by atoms with Crippen molar-refractivity contribution in [3.8, 4) is 0 Å². The van der Waals surface area contributed by atoms with E-state index in [0.29, 0.717) is 6.61 Å². The first kappa shape index (κ1) is 13.3. The van der Waals surface area contributed by atoms with Gasteiger partial charge in [-0.2, -0.15) is 0 Å². The van der Waals surface area contributed by atoms with E-state index in [2.05, 4.69) is 19.2 Å². The molecule has 0 radical (unpaired) electrons. The molecule has 0 saturated heterocycles. The highest BCUT2D eigenvalue weighted by atomic mass is 16.5. The molecule has 0 saturated carbocycles. The number of methoxy groups -OCH3 is 1. The van der Waals surface area contributed by atoms with Crippen LogP contribution in [0.25, 0.3) is 0 Å². The molecule has 1 aliphatic carbocycles. The molecule has 0 bridgehead atoms. The minimum atomic E-state index is 0.250. The summed E-state index contributed by atoms with van der Waals surface area (Å²) in [4.78, 5) is 9.44. The van der Waals surface area contributed by atoms with Crippen molar-refractivity contribution in [2.45, 2.75) is 45.4 Å². The molecule has 18 heavy (non-hydrogen) atoms. The summed E-state index contributed by atoms with van der Waals surface area (Å²) in [6.45, 7) is 5.80. The van der Waals surface area contributed by atoms with Crippen molar-refractivity contribution in [3.63, 3.8) is 0 Å². The van der Waals surface area contributed by atoms with E-state index in [1.807, 2.05) is 0 Å². The first-order valence-electron chi connectivity index (χ1n) is 6.88. The van der Waals surface area contributed by atoms with Crippen molar-refractivity contribution < 1.29 is 4.74 Å². The summed E-state index contributed by atoms with van der Waals surface area (Å²) in [5.41, 5.74) is 2.57. The molecule has 4 heteroatoms. The minimum Gasteiger partial charge on any atom is -0.384 e. The topological polar surface area (TPSA) is 47.0 Å². The fraction of sp³-hybridized carbons (Fsp3) is 0.714. The zero-order valence-corrected chi connectivity index (χ0v) is 11.6. The van der Waals surface area contributed by atoms with Crippen molar-refractivity contribution >= 4 is 5.82 Å². The zero-order chi connectivity index (χ0) is 13.0. The van der Waals surface area contributed by atoms with Gasteiger partial charge >= 0.3 is 0 Å². The molecule has 1 aromatic heterocycles. The minimum absolute atomic E-state index is 0.250. The van der Waals surface area contributed by atoms with Gasteiger partial charge in [-0.05, 0) is 32.6 Å². The Morgan fingerprint density at radius 3 is 2.78 bits per heavy atom. The van der Waals surface area contributed by atoms with Gasteiger partial charge in [-0.1, -0.05) is 6.92 Å². The van der Waals surface area contributed by atoms with Crippen LogP contribution in [0, 0.1) is 0 Å². The maximum Gasteiger partial charge on any atom is 0.136 e. The normalized spacial score (nSPS) is 16.2. The summed E-state index contributed by atoms with van der Waals surface area (Å²) in [5.74, 6) is 2.20. The quantitative estimate of drug-likeness (QED) is 0.871. The van der Waals surface area contributed by atoms with Crippen LogP contribution in [0.5, 0.6) is 0 Å². The monoisotopic (exact) mass is 249 g/mol. The molecule has 0 aliphatic heterocycles. The first-order valence-corrected chi connectivity index (χ1v) is 6.88. The number of ether oxygens (including phenoxy) is 1. The zero-order valence-electron chi connectivity index (χ0n) is 11.6. The summed E-state index contributed by atoms with van der Waals surface area (Å²) in [6, 6.07) is 0. The SMILES string of the molecule is CCNc1nc(C(C)COC)nc2c1CCCC2. The Labute approximate surface area is 109 Å². The third-order valence-corrected chi connectivity index (χ3v) is 3.40. The van der Waals surface area contributed by atoms with E-state index in [9.17, 15) is 0 Å². The summed E-state index contributed by atoms with van der Waals surface area (Å²) in [5, 5.41) is 3.38. The van der Waals surface area contributed by atoms with Crippen LogP contribution >= 0.6 is 0 Å². The van der Waals surface area contributed by atoms with E-state index in [0.717, 1.165) is 31.0 Å². The molecule has 1 unspecified atom stereocenters. The van der Waals surface area contributed by atoms with E-state index >= 15 is 0 Å². The summed E-state index contributed by atoms with van der Waals surface area (Å²) in [6.07, 6.45) is 4.69. The third kappa shape index (κ3) is 2.80. The molecule has 1 atom stereocenters. The largest absolute Gasteiger partial charge is 0.384 e. The maximum absolute atomic E-state index is 5.20. The highest BCUT2D eigenvalue weighted by Crippen LogP contribution is 2.27. The predicted octanol–water partition coefficient (Wildman–Crippen LogP) is 2.54. The van der Waals surface area contributed by atoms with Crippen molar-refractivity contribution in [1.29, 1.82) is 0 Å². The van der Waals surface area contributed by atoms with E-state index < -0.39 is 0 Å². The number of nitrogens with zero attached hydrogens (tertiary/aromatic N) is 2. The average molecular weight is 249 g/mol. The molecule has 2 rings (SSSR count). The highest BCUT2D eigenvalue weighted by molar-refractivity contribution is 5.48. The number of hydrogen-bond acceptors (Lipinski definition) is 4. The van der Waals surface area contributed by atoms with Crippen molar-refractivity contribution in [1.82, 2.24) is 9.97 Å². The van der Waals surface area contributed by atoms with Gasteiger partial charge in [-0.3, -0.25) is 0 Å². The maximum atomic E-state index is 5.20. The number of fused-ring (bicyclic) bond motifs is 1. The summed E-state index contributed by atoms with van der Waals surface area (Å²) in [7, 11) is 1.72. The predicted molar refractivity (Wildman–Crippen MR) is 73.1 cm³/mol. The molecule has 1 heterocycles. The molecule has 0 amide bonds. The Hall–Kier alpha value is -1.16. The second-order valence-corrected chi connectivity index (χ2v) is 4.95. The van der Waals surface area contributed by atoms with Gasteiger partial charge in [0, 0.05) is 30.8 Å². The lowest BCUT2D eigenvalue weighted by Crippen LogP contribution is -2.17. The first-order chi connectivity index (χ1) is 8.76. The lowest BCUT2D eigenvalue weighted by atomic mass is 9.96. The van der Waals surface area contributed by atoms with Crippen LogP contribution in [-0.2, 0) is 17.6 Å². The smallest absolute Gasteiger partial charge is 0.136 e. The molecular formula is C14H23N3O. The van der Waals surface area contributed by atoms with Gasteiger partial charge < -0.3 is 10.1 Å². The van der Waals surface area contributed by atoms with Crippen LogP contribution in [0.3, 0.4) is 0 Å². The van der Waals surface area contributed by atoms with Gasteiger partial charge in [0.1, 0.15) is 11.6 Å². The van der Waals surface area contributed by atoms with E-state index in [1.54, 1.807) is 7.11 Å². The number of hydrogen-bond donors (Lipinski definition) is 1. The molecule has 1 N–H and O–H groups in total. The second kappa shape index (κ2) is 6.14. The number of aromatic nitrogens is 2. The lowest BCUT2D eigenvalue weighted by Gasteiger charge is -2.21. The Balaban J connectivity index is 2.34. The van der Waals surface area contributed by atoms with Crippen molar-refractivity contribution in [2.75, 3.05) is 25.6 Å². The molecular weight excluding hydrogens is 226 g/mol. The van der Waals surface area contributed by atoms with Crippen molar-refractivity contribution in [2.24, 2.45) is 0 Å². The number of anilines is 1. The van der Waals surface area contributed by atoms with Gasteiger partial charge in [0.25, 0.3) is 0 Å². The van der Waals surface area contributed by atoms with Gasteiger partial charge in [0.2, 0.25) is 0 Å². The Bertz CT molecular complexity index is 406. The number of aryl methyl sites for hydroxylation is 1. The Kier molecular flexibility index (Phi) is 4.53. The molecule has 100 valence electrons. The Morgan fingerprint density at radius 1 is 1.28 bits per heavy atom. The van der Waals surface area contributed by atoms with Gasteiger partial charge in [-0.15, -0.1) is 0 Å². The van der Waals surface area contributed by atoms with E-state index in [1.165, 1.54) is 24.1 Å². The highest BCUT2D eigenvalue weighted by Gasteiger charge is 2.19. The molecule has 0 spiro atoms. The molecule has 0 fully saturated rings. The molecule has 4 nitrogen and oxygen atoms in total.